The first-order valence-electron chi connectivity index (χ1n) is 4.40. The van der Waals surface area contributed by atoms with Crippen LogP contribution in [0.5, 0.6) is 0 Å². The van der Waals surface area contributed by atoms with Gasteiger partial charge in [-0.1, -0.05) is 6.92 Å². The monoisotopic (exact) mass is 207 g/mol. The van der Waals surface area contributed by atoms with E-state index in [1.165, 1.54) is 0 Å². The van der Waals surface area contributed by atoms with Crippen molar-refractivity contribution < 1.29 is 0 Å². The maximum Gasteiger partial charge on any atom is 0.156 e. The summed E-state index contributed by atoms with van der Waals surface area (Å²) >= 11 is 1.65. The Balaban J connectivity index is 3.22. The highest BCUT2D eigenvalue weighted by Crippen LogP contribution is 2.30. The fourth-order valence-electron chi connectivity index (χ4n) is 1.16. The Hall–Kier alpha value is -1.21. The van der Waals surface area contributed by atoms with Crippen LogP contribution in [-0.2, 0) is 0 Å². The van der Waals surface area contributed by atoms with Crippen molar-refractivity contribution in [3.05, 3.63) is 18.0 Å². The highest BCUT2D eigenvalue weighted by molar-refractivity contribution is 7.99. The van der Waals surface area contributed by atoms with E-state index in [-0.39, 0.29) is 0 Å². The van der Waals surface area contributed by atoms with Gasteiger partial charge in [0.15, 0.2) is 5.69 Å². The molecule has 0 spiro atoms. The second-order valence-corrected chi connectivity index (χ2v) is 4.22. The SMILES string of the molecule is CCSc1c(N(C)C)ccnc1C#N. The molecule has 0 bridgehead atoms. The minimum Gasteiger partial charge on any atom is -0.377 e. The van der Waals surface area contributed by atoms with Crippen LogP contribution in [0.2, 0.25) is 0 Å². The summed E-state index contributed by atoms with van der Waals surface area (Å²) in [6, 6.07) is 4.05. The number of hydrogen-bond donors (Lipinski definition) is 0. The molecule has 4 heteroatoms. The van der Waals surface area contributed by atoms with Crippen molar-refractivity contribution in [3.63, 3.8) is 0 Å². The number of anilines is 1. The molecule has 0 aliphatic carbocycles. The van der Waals surface area contributed by atoms with Crippen molar-refractivity contribution in [3.8, 4) is 6.07 Å². The highest BCUT2D eigenvalue weighted by Gasteiger charge is 2.10. The van der Waals surface area contributed by atoms with Crippen molar-refractivity contribution in [2.45, 2.75) is 11.8 Å². The molecule has 0 aromatic carbocycles. The molecule has 0 radical (unpaired) electrons. The van der Waals surface area contributed by atoms with Gasteiger partial charge in [0.25, 0.3) is 0 Å². The van der Waals surface area contributed by atoms with Crippen LogP contribution in [0, 0.1) is 11.3 Å². The van der Waals surface area contributed by atoms with E-state index in [2.05, 4.69) is 18.0 Å². The first kappa shape index (κ1) is 10.9. The van der Waals surface area contributed by atoms with E-state index in [4.69, 9.17) is 5.26 Å². The van der Waals surface area contributed by atoms with Gasteiger partial charge < -0.3 is 4.90 Å². The highest BCUT2D eigenvalue weighted by atomic mass is 32.2. The van der Waals surface area contributed by atoms with Gasteiger partial charge in [-0.2, -0.15) is 5.26 Å². The lowest BCUT2D eigenvalue weighted by atomic mass is 10.3. The third-order valence-electron chi connectivity index (χ3n) is 1.76. The zero-order valence-corrected chi connectivity index (χ0v) is 9.43. The third kappa shape index (κ3) is 2.18. The number of nitrogens with zero attached hydrogens (tertiary/aromatic N) is 3. The summed E-state index contributed by atoms with van der Waals surface area (Å²) in [4.78, 5) is 7.03. The van der Waals surface area contributed by atoms with Crippen LogP contribution in [0.3, 0.4) is 0 Å². The Morgan fingerprint density at radius 1 is 1.57 bits per heavy atom. The van der Waals surface area contributed by atoms with Gasteiger partial charge in [-0.25, -0.2) is 4.98 Å². The van der Waals surface area contributed by atoms with Crippen LogP contribution in [-0.4, -0.2) is 24.8 Å². The lowest BCUT2D eigenvalue weighted by molar-refractivity contribution is 1.06. The van der Waals surface area contributed by atoms with E-state index in [1.54, 1.807) is 18.0 Å². The molecule has 1 aromatic rings. The number of rotatable bonds is 3. The van der Waals surface area contributed by atoms with Crippen LogP contribution in [0.15, 0.2) is 17.2 Å². The van der Waals surface area contributed by atoms with E-state index >= 15 is 0 Å². The largest absolute Gasteiger partial charge is 0.377 e. The van der Waals surface area contributed by atoms with Gasteiger partial charge in [-0.15, -0.1) is 11.8 Å². The molecular weight excluding hydrogens is 194 g/mol. The molecule has 1 heterocycles. The fourth-order valence-corrected chi connectivity index (χ4v) is 2.08. The van der Waals surface area contributed by atoms with Gasteiger partial charge in [-0.05, 0) is 11.8 Å². The maximum atomic E-state index is 8.91. The van der Waals surface area contributed by atoms with Gasteiger partial charge in [0.2, 0.25) is 0 Å². The quantitative estimate of drug-likeness (QED) is 0.712. The molecule has 74 valence electrons. The van der Waals surface area contributed by atoms with Crippen LogP contribution in [0.4, 0.5) is 5.69 Å². The molecule has 1 aromatic heterocycles. The van der Waals surface area contributed by atoms with E-state index in [0.717, 1.165) is 16.3 Å². The van der Waals surface area contributed by atoms with Crippen LogP contribution >= 0.6 is 11.8 Å². The van der Waals surface area contributed by atoms with Crippen molar-refractivity contribution in [1.82, 2.24) is 4.98 Å². The normalized spacial score (nSPS) is 9.57. The lowest BCUT2D eigenvalue weighted by Gasteiger charge is -2.16. The summed E-state index contributed by atoms with van der Waals surface area (Å²) in [6.45, 7) is 2.07. The van der Waals surface area contributed by atoms with Crippen molar-refractivity contribution in [2.24, 2.45) is 0 Å². The molecule has 0 atom stereocenters. The number of aromatic nitrogens is 1. The maximum absolute atomic E-state index is 8.91. The fraction of sp³-hybridized carbons (Fsp3) is 0.400. The smallest absolute Gasteiger partial charge is 0.156 e. The molecule has 0 fully saturated rings. The minimum absolute atomic E-state index is 0.517. The van der Waals surface area contributed by atoms with E-state index < -0.39 is 0 Å². The molecule has 0 aliphatic rings. The van der Waals surface area contributed by atoms with E-state index in [1.807, 2.05) is 25.1 Å². The number of nitriles is 1. The number of hydrogen-bond acceptors (Lipinski definition) is 4. The number of thioether (sulfide) groups is 1. The molecule has 0 saturated carbocycles. The first-order valence-corrected chi connectivity index (χ1v) is 5.38. The molecule has 3 nitrogen and oxygen atoms in total. The summed E-state index contributed by atoms with van der Waals surface area (Å²) in [6.07, 6.45) is 1.67. The van der Waals surface area contributed by atoms with Crippen LogP contribution < -0.4 is 4.90 Å². The summed E-state index contributed by atoms with van der Waals surface area (Å²) in [5.41, 5.74) is 1.58. The van der Waals surface area contributed by atoms with Crippen molar-refractivity contribution in [2.75, 3.05) is 24.7 Å². The minimum atomic E-state index is 0.517. The average molecular weight is 207 g/mol. The van der Waals surface area contributed by atoms with Crippen LogP contribution in [0.25, 0.3) is 0 Å². The Bertz CT molecular complexity index is 355. The Labute approximate surface area is 88.8 Å². The second-order valence-electron chi connectivity index (χ2n) is 2.95. The topological polar surface area (TPSA) is 39.9 Å². The zero-order chi connectivity index (χ0) is 10.6. The summed E-state index contributed by atoms with van der Waals surface area (Å²) in [7, 11) is 3.94. The Morgan fingerprint density at radius 3 is 2.79 bits per heavy atom. The molecular formula is C10H13N3S. The Kier molecular flexibility index (Phi) is 3.78. The van der Waals surface area contributed by atoms with Crippen molar-refractivity contribution >= 4 is 17.4 Å². The van der Waals surface area contributed by atoms with Gasteiger partial charge in [0, 0.05) is 20.3 Å². The Morgan fingerprint density at radius 2 is 2.29 bits per heavy atom. The van der Waals surface area contributed by atoms with Gasteiger partial charge in [-0.3, -0.25) is 0 Å². The van der Waals surface area contributed by atoms with Gasteiger partial charge in [0.1, 0.15) is 6.07 Å². The van der Waals surface area contributed by atoms with E-state index in [9.17, 15) is 0 Å². The predicted octanol–water partition coefficient (Wildman–Crippen LogP) is 2.13. The van der Waals surface area contributed by atoms with Gasteiger partial charge in [0.05, 0.1) is 10.6 Å². The molecule has 14 heavy (non-hydrogen) atoms. The van der Waals surface area contributed by atoms with E-state index in [0.29, 0.717) is 5.69 Å². The first-order chi connectivity index (χ1) is 6.70. The summed E-state index contributed by atoms with van der Waals surface area (Å²) in [5.74, 6) is 0.946. The second kappa shape index (κ2) is 4.87. The molecule has 0 saturated heterocycles. The zero-order valence-electron chi connectivity index (χ0n) is 8.61. The van der Waals surface area contributed by atoms with Gasteiger partial charge >= 0.3 is 0 Å². The molecule has 0 unspecified atom stereocenters. The molecule has 0 N–H and O–H groups in total. The number of pyridine rings is 1. The molecule has 1 rings (SSSR count). The summed E-state index contributed by atoms with van der Waals surface area (Å²) in [5, 5.41) is 8.91. The average Bonchev–Trinajstić information content (AvgIpc) is 2.18. The van der Waals surface area contributed by atoms with Crippen molar-refractivity contribution in [1.29, 1.82) is 5.26 Å². The molecule has 0 amide bonds. The lowest BCUT2D eigenvalue weighted by Crippen LogP contribution is -2.11. The molecule has 0 aliphatic heterocycles. The standard InChI is InChI=1S/C10H13N3S/c1-4-14-10-8(7-11)12-6-5-9(10)13(2)3/h5-6H,4H2,1-3H3. The summed E-state index contributed by atoms with van der Waals surface area (Å²) < 4.78 is 0. The predicted molar refractivity (Wildman–Crippen MR) is 59.7 cm³/mol. The third-order valence-corrected chi connectivity index (χ3v) is 2.74. The van der Waals surface area contributed by atoms with Crippen LogP contribution in [0.1, 0.15) is 12.6 Å².